The molecule has 0 aromatic heterocycles. The minimum atomic E-state index is -4.56. The lowest BCUT2D eigenvalue weighted by atomic mass is 10.1. The van der Waals surface area contributed by atoms with E-state index in [4.69, 9.17) is 9.84 Å². The van der Waals surface area contributed by atoms with Crippen LogP contribution in [0.5, 0.6) is 5.75 Å². The molecule has 1 aromatic carbocycles. The summed E-state index contributed by atoms with van der Waals surface area (Å²) in [6, 6.07) is 3.46. The van der Waals surface area contributed by atoms with Crippen LogP contribution in [-0.4, -0.2) is 35.6 Å². The van der Waals surface area contributed by atoms with Crippen LogP contribution in [0, 0.1) is 0 Å². The molecule has 0 spiro atoms. The number of amides is 1. The molecule has 0 atom stereocenters. The van der Waals surface area contributed by atoms with Crippen molar-refractivity contribution in [3.8, 4) is 5.75 Å². The van der Waals surface area contributed by atoms with Crippen LogP contribution in [0.15, 0.2) is 18.2 Å². The Balaban J connectivity index is 2.69. The van der Waals surface area contributed by atoms with E-state index in [0.29, 0.717) is 0 Å². The average Bonchev–Trinajstić information content (AvgIpc) is 2.43. The molecule has 0 saturated heterocycles. The first kappa shape index (κ1) is 18.1. The first-order chi connectivity index (χ1) is 10.2. The zero-order chi connectivity index (χ0) is 16.8. The molecule has 0 heterocycles. The molecule has 22 heavy (non-hydrogen) atoms. The molecule has 1 aromatic rings. The summed E-state index contributed by atoms with van der Waals surface area (Å²) in [4.78, 5) is 21.7. The van der Waals surface area contributed by atoms with Crippen LogP contribution < -0.4 is 10.1 Å². The third kappa shape index (κ3) is 5.84. The van der Waals surface area contributed by atoms with E-state index in [1.165, 1.54) is 19.2 Å². The number of benzene rings is 1. The van der Waals surface area contributed by atoms with E-state index < -0.39 is 23.6 Å². The van der Waals surface area contributed by atoms with E-state index in [1.807, 2.05) is 0 Å². The number of aliphatic carboxylic acids is 1. The van der Waals surface area contributed by atoms with Gasteiger partial charge in [-0.3, -0.25) is 9.59 Å². The predicted octanol–water partition coefficient (Wildman–Crippen LogP) is 2.15. The van der Waals surface area contributed by atoms with Gasteiger partial charge in [0.2, 0.25) is 5.91 Å². The van der Waals surface area contributed by atoms with Crippen LogP contribution in [0.4, 0.5) is 13.2 Å². The standard InChI is InChI=1S/C13H14F3NO4S/c1-21-9-3-2-8(10(4-9)13(14,15)16)5-17-11(18)6-22-7-12(19)20/h2-4H,5-7H2,1H3,(H,17,18)(H,19,20). The Morgan fingerprint density at radius 2 is 2.00 bits per heavy atom. The molecule has 1 amide bonds. The number of thioether (sulfide) groups is 1. The second-order valence-corrected chi connectivity index (χ2v) is 5.17. The molecule has 0 fully saturated rings. The number of carbonyl (C=O) groups is 2. The van der Waals surface area contributed by atoms with Gasteiger partial charge in [-0.2, -0.15) is 13.2 Å². The van der Waals surface area contributed by atoms with E-state index in [-0.39, 0.29) is 29.4 Å². The molecular weight excluding hydrogens is 323 g/mol. The van der Waals surface area contributed by atoms with Gasteiger partial charge in [0, 0.05) is 6.54 Å². The number of halogens is 3. The third-order valence-corrected chi connectivity index (χ3v) is 3.47. The SMILES string of the molecule is COc1ccc(CNC(=O)CSCC(=O)O)c(C(F)(F)F)c1. The molecule has 2 N–H and O–H groups in total. The van der Waals surface area contributed by atoms with Gasteiger partial charge in [0.05, 0.1) is 24.2 Å². The number of carbonyl (C=O) groups excluding carboxylic acids is 1. The Hall–Kier alpha value is -1.90. The lowest BCUT2D eigenvalue weighted by Gasteiger charge is -2.14. The topological polar surface area (TPSA) is 75.6 Å². The van der Waals surface area contributed by atoms with Crippen LogP contribution in [0.1, 0.15) is 11.1 Å². The fourth-order valence-corrected chi connectivity index (χ4v) is 2.14. The second kappa shape index (κ2) is 7.92. The Morgan fingerprint density at radius 3 is 2.55 bits per heavy atom. The summed E-state index contributed by atoms with van der Waals surface area (Å²) in [5, 5.41) is 10.7. The summed E-state index contributed by atoms with van der Waals surface area (Å²) < 4.78 is 43.6. The number of nitrogens with one attached hydrogen (secondary N) is 1. The fourth-order valence-electron chi connectivity index (χ4n) is 1.58. The monoisotopic (exact) mass is 337 g/mol. The van der Waals surface area contributed by atoms with Gasteiger partial charge in [0.25, 0.3) is 0 Å². The summed E-state index contributed by atoms with van der Waals surface area (Å²) in [7, 11) is 1.26. The number of ether oxygens (including phenoxy) is 1. The summed E-state index contributed by atoms with van der Waals surface area (Å²) in [6.07, 6.45) is -4.56. The largest absolute Gasteiger partial charge is 0.497 e. The Kier molecular flexibility index (Phi) is 6.54. The highest BCUT2D eigenvalue weighted by atomic mass is 32.2. The molecule has 0 saturated carbocycles. The maximum absolute atomic E-state index is 12.9. The van der Waals surface area contributed by atoms with Crippen molar-refractivity contribution in [2.75, 3.05) is 18.6 Å². The van der Waals surface area contributed by atoms with E-state index in [9.17, 15) is 22.8 Å². The number of hydrogen-bond acceptors (Lipinski definition) is 4. The number of carboxylic acid groups (broad SMARTS) is 1. The van der Waals surface area contributed by atoms with Crippen LogP contribution >= 0.6 is 11.8 Å². The van der Waals surface area contributed by atoms with Crippen molar-refractivity contribution in [3.63, 3.8) is 0 Å². The number of alkyl halides is 3. The van der Waals surface area contributed by atoms with Crippen molar-refractivity contribution < 1.29 is 32.6 Å². The van der Waals surface area contributed by atoms with Crippen molar-refractivity contribution in [2.24, 2.45) is 0 Å². The van der Waals surface area contributed by atoms with Crippen molar-refractivity contribution in [3.05, 3.63) is 29.3 Å². The van der Waals surface area contributed by atoms with E-state index in [0.717, 1.165) is 17.8 Å². The van der Waals surface area contributed by atoms with Crippen LogP contribution in [0.2, 0.25) is 0 Å². The normalized spacial score (nSPS) is 11.1. The minimum Gasteiger partial charge on any atom is -0.497 e. The molecule has 0 radical (unpaired) electrons. The molecule has 0 aliphatic carbocycles. The highest BCUT2D eigenvalue weighted by molar-refractivity contribution is 8.00. The molecule has 1 rings (SSSR count). The van der Waals surface area contributed by atoms with Gasteiger partial charge in [-0.05, 0) is 17.7 Å². The zero-order valence-corrected chi connectivity index (χ0v) is 12.4. The van der Waals surface area contributed by atoms with Crippen molar-refractivity contribution in [1.29, 1.82) is 0 Å². The highest BCUT2D eigenvalue weighted by Gasteiger charge is 2.33. The van der Waals surface area contributed by atoms with Crippen LogP contribution in [0.3, 0.4) is 0 Å². The van der Waals surface area contributed by atoms with Gasteiger partial charge in [-0.15, -0.1) is 11.8 Å². The van der Waals surface area contributed by atoms with Gasteiger partial charge < -0.3 is 15.2 Å². The number of rotatable bonds is 7. The lowest BCUT2D eigenvalue weighted by molar-refractivity contribution is -0.138. The maximum atomic E-state index is 12.9. The van der Waals surface area contributed by atoms with Gasteiger partial charge in [-0.25, -0.2) is 0 Å². The Labute approximate surface area is 128 Å². The number of carboxylic acids is 1. The quantitative estimate of drug-likeness (QED) is 0.797. The van der Waals surface area contributed by atoms with E-state index >= 15 is 0 Å². The van der Waals surface area contributed by atoms with Gasteiger partial charge in [-0.1, -0.05) is 6.07 Å². The second-order valence-electron chi connectivity index (χ2n) is 4.18. The summed E-state index contributed by atoms with van der Waals surface area (Å²) >= 11 is 0.867. The summed E-state index contributed by atoms with van der Waals surface area (Å²) in [6.45, 7) is -0.300. The molecule has 0 bridgehead atoms. The first-order valence-electron chi connectivity index (χ1n) is 6.04. The van der Waals surface area contributed by atoms with Crippen molar-refractivity contribution in [1.82, 2.24) is 5.32 Å². The number of methoxy groups -OCH3 is 1. The summed E-state index contributed by atoms with van der Waals surface area (Å²) in [5.74, 6) is -1.91. The smallest absolute Gasteiger partial charge is 0.416 e. The fraction of sp³-hybridized carbons (Fsp3) is 0.385. The van der Waals surface area contributed by atoms with E-state index in [2.05, 4.69) is 5.32 Å². The molecule has 0 aliphatic rings. The van der Waals surface area contributed by atoms with E-state index in [1.54, 1.807) is 0 Å². The lowest BCUT2D eigenvalue weighted by Crippen LogP contribution is -2.26. The van der Waals surface area contributed by atoms with Crippen LogP contribution in [0.25, 0.3) is 0 Å². The van der Waals surface area contributed by atoms with Gasteiger partial charge >= 0.3 is 12.1 Å². The first-order valence-corrected chi connectivity index (χ1v) is 7.20. The molecule has 9 heteroatoms. The minimum absolute atomic E-state index is 0.0689. The van der Waals surface area contributed by atoms with Gasteiger partial charge in [0.15, 0.2) is 0 Å². The molecule has 122 valence electrons. The average molecular weight is 337 g/mol. The van der Waals surface area contributed by atoms with Crippen molar-refractivity contribution >= 4 is 23.6 Å². The maximum Gasteiger partial charge on any atom is 0.416 e. The van der Waals surface area contributed by atoms with Gasteiger partial charge in [0.1, 0.15) is 5.75 Å². The Bertz CT molecular complexity index is 549. The van der Waals surface area contributed by atoms with Crippen LogP contribution in [-0.2, 0) is 22.3 Å². The number of hydrogen-bond donors (Lipinski definition) is 2. The molecule has 5 nitrogen and oxygen atoms in total. The molecule has 0 aliphatic heterocycles. The third-order valence-electron chi connectivity index (χ3n) is 2.56. The molecule has 0 unspecified atom stereocenters. The Morgan fingerprint density at radius 1 is 1.32 bits per heavy atom. The highest BCUT2D eigenvalue weighted by Crippen LogP contribution is 2.34. The molecular formula is C13H14F3NO4S. The zero-order valence-electron chi connectivity index (χ0n) is 11.6. The summed E-state index contributed by atoms with van der Waals surface area (Å²) in [5.41, 5.74) is -0.977. The predicted molar refractivity (Wildman–Crippen MR) is 74.8 cm³/mol. The van der Waals surface area contributed by atoms with Crippen molar-refractivity contribution in [2.45, 2.75) is 12.7 Å².